The topological polar surface area (TPSA) is 80.0 Å². The van der Waals surface area contributed by atoms with E-state index in [9.17, 15) is 19.1 Å². The Balaban J connectivity index is 1.90. The lowest BCUT2D eigenvalue weighted by molar-refractivity contribution is -0.132. The number of anilines is 1. The lowest BCUT2D eigenvalue weighted by atomic mass is 9.99. The normalized spacial score (nSPS) is 18.1. The molecule has 1 aromatic heterocycles. The van der Waals surface area contributed by atoms with Gasteiger partial charge in [0.15, 0.2) is 0 Å². The molecule has 8 heteroatoms. The number of aliphatic hydroxyl groups excluding tert-OH is 1. The van der Waals surface area contributed by atoms with E-state index in [1.165, 1.54) is 25.5 Å². The van der Waals surface area contributed by atoms with E-state index in [2.05, 4.69) is 0 Å². The summed E-state index contributed by atoms with van der Waals surface area (Å²) in [4.78, 5) is 26.9. The molecule has 0 aliphatic carbocycles. The number of rotatable bonds is 4. The van der Waals surface area contributed by atoms with E-state index in [1.807, 2.05) is 0 Å². The molecule has 4 rings (SSSR count). The summed E-state index contributed by atoms with van der Waals surface area (Å²) in [6, 6.07) is 12.2. The van der Waals surface area contributed by atoms with Gasteiger partial charge in [0.05, 0.1) is 24.0 Å². The standard InChI is InChI=1S/C22H15ClFNO5/c1-29-14-7-4-12(5-8-14)20(26)18-19(17-3-2-10-30-17)25(22(28)21(18)27)13-6-9-16(24)15(23)11-13/h2-11,19,26H,1H3/b20-18-. The van der Waals surface area contributed by atoms with Crippen LogP contribution in [0.15, 0.2) is 70.9 Å². The molecule has 0 bridgehead atoms. The first-order chi connectivity index (χ1) is 14.4. The molecule has 1 N–H and O–H groups in total. The molecule has 0 saturated carbocycles. The molecule has 2 heterocycles. The number of hydrogen-bond donors (Lipinski definition) is 1. The molecule has 1 atom stereocenters. The number of carbonyl (C=O) groups is 2. The summed E-state index contributed by atoms with van der Waals surface area (Å²) in [5.74, 6) is -2.00. The van der Waals surface area contributed by atoms with Gasteiger partial charge in [-0.05, 0) is 54.6 Å². The van der Waals surface area contributed by atoms with Gasteiger partial charge in [0.2, 0.25) is 0 Å². The minimum atomic E-state index is -1.05. The van der Waals surface area contributed by atoms with Crippen LogP contribution in [0.4, 0.5) is 10.1 Å². The number of carbonyl (C=O) groups excluding carboxylic acids is 2. The molecule has 1 aliphatic rings. The van der Waals surface area contributed by atoms with Crippen molar-refractivity contribution in [2.45, 2.75) is 6.04 Å². The number of halogens is 2. The number of ether oxygens (including phenoxy) is 1. The molecule has 1 aliphatic heterocycles. The summed E-state index contributed by atoms with van der Waals surface area (Å²) < 4.78 is 24.2. The summed E-state index contributed by atoms with van der Waals surface area (Å²) in [5, 5.41) is 10.7. The third-order valence-corrected chi connectivity index (χ3v) is 5.09. The maximum absolute atomic E-state index is 13.6. The van der Waals surface area contributed by atoms with Gasteiger partial charge in [-0.1, -0.05) is 11.6 Å². The van der Waals surface area contributed by atoms with Crippen molar-refractivity contribution in [2.75, 3.05) is 12.0 Å². The van der Waals surface area contributed by atoms with Gasteiger partial charge in [-0.2, -0.15) is 0 Å². The highest BCUT2D eigenvalue weighted by Crippen LogP contribution is 2.43. The number of furan rings is 1. The lowest BCUT2D eigenvalue weighted by Gasteiger charge is -2.23. The first-order valence-corrected chi connectivity index (χ1v) is 9.24. The lowest BCUT2D eigenvalue weighted by Crippen LogP contribution is -2.29. The van der Waals surface area contributed by atoms with E-state index in [-0.39, 0.29) is 27.8 Å². The van der Waals surface area contributed by atoms with Gasteiger partial charge in [-0.3, -0.25) is 14.5 Å². The van der Waals surface area contributed by atoms with Gasteiger partial charge >= 0.3 is 0 Å². The molecule has 30 heavy (non-hydrogen) atoms. The zero-order valence-corrected chi connectivity index (χ0v) is 16.4. The monoisotopic (exact) mass is 427 g/mol. The Morgan fingerprint density at radius 2 is 1.90 bits per heavy atom. The number of nitrogens with zero attached hydrogens (tertiary/aromatic N) is 1. The van der Waals surface area contributed by atoms with E-state index >= 15 is 0 Å². The second-order valence-electron chi connectivity index (χ2n) is 6.51. The predicted octanol–water partition coefficient (Wildman–Crippen LogP) is 4.71. The van der Waals surface area contributed by atoms with Crippen LogP contribution < -0.4 is 9.64 Å². The maximum atomic E-state index is 13.6. The van der Waals surface area contributed by atoms with Crippen molar-refractivity contribution in [2.24, 2.45) is 0 Å². The Morgan fingerprint density at radius 3 is 2.50 bits per heavy atom. The second kappa shape index (κ2) is 7.68. The number of amides is 1. The van der Waals surface area contributed by atoms with Crippen molar-refractivity contribution in [3.8, 4) is 5.75 Å². The van der Waals surface area contributed by atoms with Crippen molar-refractivity contribution in [3.63, 3.8) is 0 Å². The van der Waals surface area contributed by atoms with Gasteiger partial charge in [0, 0.05) is 11.3 Å². The van der Waals surface area contributed by atoms with Crippen molar-refractivity contribution in [3.05, 3.63) is 88.6 Å². The highest BCUT2D eigenvalue weighted by molar-refractivity contribution is 6.51. The zero-order valence-electron chi connectivity index (χ0n) is 15.6. The number of Topliss-reactive ketones (excluding diaryl/α,β-unsaturated/α-hetero) is 1. The van der Waals surface area contributed by atoms with Crippen LogP contribution in [0, 0.1) is 5.82 Å². The Bertz CT molecular complexity index is 1150. The molecule has 6 nitrogen and oxygen atoms in total. The van der Waals surface area contributed by atoms with Crippen molar-refractivity contribution < 1.29 is 28.2 Å². The van der Waals surface area contributed by atoms with E-state index < -0.39 is 23.5 Å². The average molecular weight is 428 g/mol. The van der Waals surface area contributed by atoms with Crippen molar-refractivity contribution >= 4 is 34.7 Å². The fourth-order valence-electron chi connectivity index (χ4n) is 3.35. The number of benzene rings is 2. The molecule has 1 fully saturated rings. The fourth-order valence-corrected chi connectivity index (χ4v) is 3.53. The summed E-state index contributed by atoms with van der Waals surface area (Å²) in [6.45, 7) is 0. The molecule has 0 radical (unpaired) electrons. The van der Waals surface area contributed by atoms with Crippen LogP contribution >= 0.6 is 11.6 Å². The van der Waals surface area contributed by atoms with Crippen molar-refractivity contribution in [1.82, 2.24) is 0 Å². The Kier molecular flexibility index (Phi) is 5.05. The van der Waals surface area contributed by atoms with Crippen LogP contribution in [-0.2, 0) is 9.59 Å². The third kappa shape index (κ3) is 3.23. The van der Waals surface area contributed by atoms with Gasteiger partial charge in [-0.15, -0.1) is 0 Å². The quantitative estimate of drug-likeness (QED) is 0.370. The van der Waals surface area contributed by atoms with Crippen LogP contribution in [0.3, 0.4) is 0 Å². The van der Waals surface area contributed by atoms with Crippen LogP contribution in [0.5, 0.6) is 5.75 Å². The smallest absolute Gasteiger partial charge is 0.300 e. The first kappa shape index (κ1) is 19.7. The molecular weight excluding hydrogens is 413 g/mol. The average Bonchev–Trinajstić information content (AvgIpc) is 3.37. The van der Waals surface area contributed by atoms with Crippen LogP contribution in [0.2, 0.25) is 5.02 Å². The maximum Gasteiger partial charge on any atom is 0.300 e. The molecular formula is C22H15ClFNO5. The van der Waals surface area contributed by atoms with E-state index in [4.69, 9.17) is 20.8 Å². The van der Waals surface area contributed by atoms with Crippen LogP contribution in [-0.4, -0.2) is 23.9 Å². The molecule has 152 valence electrons. The highest BCUT2D eigenvalue weighted by atomic mass is 35.5. The van der Waals surface area contributed by atoms with Gasteiger partial charge in [0.25, 0.3) is 11.7 Å². The predicted molar refractivity (Wildman–Crippen MR) is 108 cm³/mol. The van der Waals surface area contributed by atoms with Gasteiger partial charge < -0.3 is 14.3 Å². The Labute approximate surface area is 175 Å². The summed E-state index contributed by atoms with van der Waals surface area (Å²) >= 11 is 5.88. The molecule has 0 spiro atoms. The third-order valence-electron chi connectivity index (χ3n) is 4.80. The van der Waals surface area contributed by atoms with E-state index in [1.54, 1.807) is 36.4 Å². The molecule has 3 aromatic rings. The van der Waals surface area contributed by atoms with Gasteiger partial charge in [-0.25, -0.2) is 4.39 Å². The van der Waals surface area contributed by atoms with E-state index in [0.717, 1.165) is 11.0 Å². The summed E-state index contributed by atoms with van der Waals surface area (Å²) in [7, 11) is 1.51. The summed E-state index contributed by atoms with van der Waals surface area (Å²) in [6.07, 6.45) is 1.39. The summed E-state index contributed by atoms with van der Waals surface area (Å²) in [5.41, 5.74) is 0.363. The van der Waals surface area contributed by atoms with Crippen LogP contribution in [0.25, 0.3) is 5.76 Å². The van der Waals surface area contributed by atoms with E-state index in [0.29, 0.717) is 11.3 Å². The Hall–Kier alpha value is -3.58. The molecule has 1 unspecified atom stereocenters. The van der Waals surface area contributed by atoms with Crippen molar-refractivity contribution in [1.29, 1.82) is 0 Å². The molecule has 1 amide bonds. The number of ketones is 1. The van der Waals surface area contributed by atoms with Crippen LogP contribution in [0.1, 0.15) is 17.4 Å². The SMILES string of the molecule is COc1ccc(/C(O)=C2/C(=O)C(=O)N(c3ccc(F)c(Cl)c3)C2c2ccco2)cc1. The highest BCUT2D eigenvalue weighted by Gasteiger charge is 2.48. The fraction of sp³-hybridized carbons (Fsp3) is 0.0909. The number of aliphatic hydroxyl groups is 1. The zero-order chi connectivity index (χ0) is 21.4. The molecule has 1 saturated heterocycles. The second-order valence-corrected chi connectivity index (χ2v) is 6.92. The number of hydrogen-bond acceptors (Lipinski definition) is 5. The Morgan fingerprint density at radius 1 is 1.17 bits per heavy atom. The van der Waals surface area contributed by atoms with Gasteiger partial charge in [0.1, 0.15) is 29.1 Å². The minimum absolute atomic E-state index is 0.152. The molecule has 2 aromatic carbocycles. The minimum Gasteiger partial charge on any atom is -0.507 e. The largest absolute Gasteiger partial charge is 0.507 e. The number of methoxy groups -OCH3 is 1. The first-order valence-electron chi connectivity index (χ1n) is 8.86.